The molecule has 1 aliphatic rings. The monoisotopic (exact) mass is 400 g/mol. The largest absolute Gasteiger partial charge is 0.466 e. The van der Waals surface area contributed by atoms with Gasteiger partial charge >= 0.3 is 11.9 Å². The molecule has 1 aliphatic carbocycles. The zero-order valence-electron chi connectivity index (χ0n) is 18.0. The Kier molecular flexibility index (Phi) is 10.5. The SMILES string of the molecule is CC(C)CCCOC(=O)CCCC(=O)OC(CC1C=CCCC1)c1ccccc1. The first-order chi connectivity index (χ1) is 14.0. The Bertz CT molecular complexity index is 635. The molecule has 1 aromatic rings. The smallest absolute Gasteiger partial charge is 0.306 e. The Hall–Kier alpha value is -2.10. The van der Waals surface area contributed by atoms with Crippen molar-refractivity contribution in [3.05, 3.63) is 48.0 Å². The number of allylic oxidation sites excluding steroid dienone is 2. The van der Waals surface area contributed by atoms with Gasteiger partial charge in [0.1, 0.15) is 6.10 Å². The summed E-state index contributed by atoms with van der Waals surface area (Å²) >= 11 is 0. The van der Waals surface area contributed by atoms with Crippen LogP contribution in [-0.2, 0) is 19.1 Å². The molecule has 4 heteroatoms. The van der Waals surface area contributed by atoms with Crippen molar-refractivity contribution in [1.82, 2.24) is 0 Å². The fraction of sp³-hybridized carbons (Fsp3) is 0.600. The molecule has 0 fully saturated rings. The van der Waals surface area contributed by atoms with E-state index in [9.17, 15) is 9.59 Å². The van der Waals surface area contributed by atoms with Crippen LogP contribution in [0.1, 0.15) is 83.3 Å². The van der Waals surface area contributed by atoms with Crippen molar-refractivity contribution in [3.63, 3.8) is 0 Å². The molecule has 0 radical (unpaired) electrons. The van der Waals surface area contributed by atoms with Gasteiger partial charge in [0.25, 0.3) is 0 Å². The molecule has 0 aliphatic heterocycles. The molecule has 2 atom stereocenters. The summed E-state index contributed by atoms with van der Waals surface area (Å²) in [5, 5.41) is 0. The van der Waals surface area contributed by atoms with E-state index in [1.54, 1.807) is 0 Å². The van der Waals surface area contributed by atoms with Gasteiger partial charge in [0.05, 0.1) is 6.61 Å². The number of ether oxygens (including phenoxy) is 2. The summed E-state index contributed by atoms with van der Waals surface area (Å²) in [5.74, 6) is 0.590. The number of hydrogen-bond acceptors (Lipinski definition) is 4. The third kappa shape index (κ3) is 9.78. The summed E-state index contributed by atoms with van der Waals surface area (Å²) < 4.78 is 11.0. The second-order valence-corrected chi connectivity index (χ2v) is 8.35. The summed E-state index contributed by atoms with van der Waals surface area (Å²) in [6, 6.07) is 9.94. The summed E-state index contributed by atoms with van der Waals surface area (Å²) in [4.78, 5) is 24.2. The normalized spacial score (nSPS) is 17.1. The van der Waals surface area contributed by atoms with Crippen LogP contribution in [0.5, 0.6) is 0 Å². The minimum atomic E-state index is -0.244. The molecule has 160 valence electrons. The Labute approximate surface area is 175 Å². The molecule has 0 amide bonds. The molecule has 4 nitrogen and oxygen atoms in total. The first kappa shape index (κ1) is 23.2. The van der Waals surface area contributed by atoms with E-state index in [1.165, 1.54) is 6.42 Å². The lowest BCUT2D eigenvalue weighted by atomic mass is 9.89. The van der Waals surface area contributed by atoms with Gasteiger partial charge in [-0.15, -0.1) is 0 Å². The average molecular weight is 401 g/mol. The van der Waals surface area contributed by atoms with Crippen LogP contribution in [0.2, 0.25) is 0 Å². The Balaban J connectivity index is 1.75. The maximum absolute atomic E-state index is 12.4. The highest BCUT2D eigenvalue weighted by molar-refractivity contribution is 5.72. The summed E-state index contributed by atoms with van der Waals surface area (Å²) in [6.45, 7) is 4.77. The topological polar surface area (TPSA) is 52.6 Å². The Morgan fingerprint density at radius 3 is 2.52 bits per heavy atom. The van der Waals surface area contributed by atoms with Gasteiger partial charge in [0, 0.05) is 12.8 Å². The van der Waals surface area contributed by atoms with E-state index in [4.69, 9.17) is 9.47 Å². The maximum atomic E-state index is 12.4. The molecule has 0 aromatic heterocycles. The van der Waals surface area contributed by atoms with Gasteiger partial charge < -0.3 is 9.47 Å². The molecule has 0 heterocycles. The first-order valence-electron chi connectivity index (χ1n) is 11.1. The zero-order chi connectivity index (χ0) is 20.9. The quantitative estimate of drug-likeness (QED) is 0.239. The number of carbonyl (C=O) groups excluding carboxylic acids is 2. The van der Waals surface area contributed by atoms with Crippen LogP contribution in [0.4, 0.5) is 0 Å². The summed E-state index contributed by atoms with van der Waals surface area (Å²) in [5.41, 5.74) is 1.03. The summed E-state index contributed by atoms with van der Waals surface area (Å²) in [6.07, 6.45) is 11.4. The minimum absolute atomic E-state index is 0.228. The van der Waals surface area contributed by atoms with E-state index in [-0.39, 0.29) is 30.9 Å². The zero-order valence-corrected chi connectivity index (χ0v) is 18.0. The number of esters is 2. The van der Waals surface area contributed by atoms with Crippen molar-refractivity contribution in [2.45, 2.75) is 77.7 Å². The van der Waals surface area contributed by atoms with Crippen LogP contribution in [0.25, 0.3) is 0 Å². The van der Waals surface area contributed by atoms with Gasteiger partial charge in [-0.05, 0) is 62.3 Å². The lowest BCUT2D eigenvalue weighted by Gasteiger charge is -2.24. The fourth-order valence-electron chi connectivity index (χ4n) is 3.62. The van der Waals surface area contributed by atoms with Crippen molar-refractivity contribution in [1.29, 1.82) is 0 Å². The number of rotatable bonds is 12. The van der Waals surface area contributed by atoms with E-state index in [0.717, 1.165) is 37.7 Å². The number of hydrogen-bond donors (Lipinski definition) is 0. The lowest BCUT2D eigenvalue weighted by molar-refractivity contribution is -0.150. The Morgan fingerprint density at radius 1 is 1.07 bits per heavy atom. The third-order valence-corrected chi connectivity index (χ3v) is 5.27. The fourth-order valence-corrected chi connectivity index (χ4v) is 3.62. The molecule has 0 saturated heterocycles. The van der Waals surface area contributed by atoms with E-state index < -0.39 is 0 Å². The molecule has 2 rings (SSSR count). The minimum Gasteiger partial charge on any atom is -0.466 e. The standard InChI is InChI=1S/C25H36O4/c1-20(2)11-10-18-28-24(26)16-9-17-25(27)29-23(22-14-7-4-8-15-22)19-21-12-5-3-6-13-21/h4-5,7-8,12,14-15,20-21,23H,3,6,9-11,13,16-19H2,1-2H3. The lowest BCUT2D eigenvalue weighted by Crippen LogP contribution is -2.16. The predicted molar refractivity (Wildman–Crippen MR) is 115 cm³/mol. The molecule has 29 heavy (non-hydrogen) atoms. The van der Waals surface area contributed by atoms with Gasteiger partial charge in [-0.3, -0.25) is 9.59 Å². The van der Waals surface area contributed by atoms with Crippen molar-refractivity contribution in [3.8, 4) is 0 Å². The first-order valence-corrected chi connectivity index (χ1v) is 11.1. The highest BCUT2D eigenvalue weighted by atomic mass is 16.5. The molecule has 0 N–H and O–H groups in total. The van der Waals surface area contributed by atoms with E-state index >= 15 is 0 Å². The van der Waals surface area contributed by atoms with Crippen LogP contribution in [0, 0.1) is 11.8 Å². The van der Waals surface area contributed by atoms with Gasteiger partial charge in [-0.1, -0.05) is 56.3 Å². The second-order valence-electron chi connectivity index (χ2n) is 8.35. The molecular formula is C25H36O4. The van der Waals surface area contributed by atoms with E-state index in [2.05, 4.69) is 26.0 Å². The number of benzene rings is 1. The average Bonchev–Trinajstić information content (AvgIpc) is 2.72. The second kappa shape index (κ2) is 13.2. The van der Waals surface area contributed by atoms with Crippen LogP contribution in [0.15, 0.2) is 42.5 Å². The van der Waals surface area contributed by atoms with Crippen LogP contribution in [0.3, 0.4) is 0 Å². The van der Waals surface area contributed by atoms with Crippen LogP contribution in [-0.4, -0.2) is 18.5 Å². The molecule has 2 unspecified atom stereocenters. The van der Waals surface area contributed by atoms with Gasteiger partial charge in [-0.25, -0.2) is 0 Å². The highest BCUT2D eigenvalue weighted by Crippen LogP contribution is 2.31. The molecule has 0 spiro atoms. The van der Waals surface area contributed by atoms with Crippen LogP contribution >= 0.6 is 0 Å². The van der Waals surface area contributed by atoms with Crippen molar-refractivity contribution in [2.24, 2.45) is 11.8 Å². The van der Waals surface area contributed by atoms with Crippen molar-refractivity contribution in [2.75, 3.05) is 6.61 Å². The van der Waals surface area contributed by atoms with Crippen molar-refractivity contribution < 1.29 is 19.1 Å². The highest BCUT2D eigenvalue weighted by Gasteiger charge is 2.21. The van der Waals surface area contributed by atoms with Gasteiger partial charge in [0.15, 0.2) is 0 Å². The van der Waals surface area contributed by atoms with E-state index in [0.29, 0.717) is 24.9 Å². The summed E-state index contributed by atoms with van der Waals surface area (Å²) in [7, 11) is 0. The maximum Gasteiger partial charge on any atom is 0.306 e. The number of carbonyl (C=O) groups is 2. The molecule has 0 bridgehead atoms. The molecule has 1 aromatic carbocycles. The molecule has 0 saturated carbocycles. The molecular weight excluding hydrogens is 364 g/mol. The van der Waals surface area contributed by atoms with E-state index in [1.807, 2.05) is 30.3 Å². The predicted octanol–water partition coefficient (Wildman–Crippen LogP) is 6.17. The van der Waals surface area contributed by atoms with Gasteiger partial charge in [0.2, 0.25) is 0 Å². The van der Waals surface area contributed by atoms with Crippen LogP contribution < -0.4 is 0 Å². The Morgan fingerprint density at radius 2 is 1.83 bits per heavy atom. The third-order valence-electron chi connectivity index (χ3n) is 5.27. The van der Waals surface area contributed by atoms with Crippen molar-refractivity contribution >= 4 is 11.9 Å². The van der Waals surface area contributed by atoms with Gasteiger partial charge in [-0.2, -0.15) is 0 Å².